The minimum absolute atomic E-state index is 0.0341. The number of nitrogens with zero attached hydrogens (tertiary/aromatic N) is 2. The average Bonchev–Trinajstić information content (AvgIpc) is 3.41. The van der Waals surface area contributed by atoms with Gasteiger partial charge >= 0.3 is 0 Å². The van der Waals surface area contributed by atoms with E-state index >= 15 is 0 Å². The highest BCUT2D eigenvalue weighted by atomic mass is 32.2. The fourth-order valence-corrected chi connectivity index (χ4v) is 4.92. The van der Waals surface area contributed by atoms with Crippen molar-refractivity contribution < 1.29 is 14.3 Å². The third-order valence-electron chi connectivity index (χ3n) is 4.75. The molecular formula is C20H20N4O4S2. The van der Waals surface area contributed by atoms with E-state index < -0.39 is 5.91 Å². The summed E-state index contributed by atoms with van der Waals surface area (Å²) < 4.78 is 7.29. The smallest absolute Gasteiger partial charge is 0.262 e. The lowest BCUT2D eigenvalue weighted by Crippen LogP contribution is -2.29. The second-order valence-corrected chi connectivity index (χ2v) is 8.69. The van der Waals surface area contributed by atoms with Gasteiger partial charge in [-0.15, -0.1) is 11.3 Å². The Hall–Kier alpha value is -2.69. The van der Waals surface area contributed by atoms with Crippen LogP contribution >= 0.6 is 23.1 Å². The Morgan fingerprint density at radius 1 is 1.33 bits per heavy atom. The first kappa shape index (κ1) is 20.6. The van der Waals surface area contributed by atoms with Crippen LogP contribution < -0.4 is 16.6 Å². The van der Waals surface area contributed by atoms with Crippen LogP contribution in [0, 0.1) is 0 Å². The van der Waals surface area contributed by atoms with E-state index in [1.165, 1.54) is 23.1 Å². The SMILES string of the molecule is NC(=O)c1ccsc1NC(=O)CSc1nc2ccccc2c(=O)n1C[C@H]1CCCO1. The number of anilines is 1. The van der Waals surface area contributed by atoms with E-state index in [0.29, 0.717) is 34.2 Å². The summed E-state index contributed by atoms with van der Waals surface area (Å²) in [7, 11) is 0. The number of ether oxygens (including phenoxy) is 1. The summed E-state index contributed by atoms with van der Waals surface area (Å²) in [5, 5.41) is 5.80. The third-order valence-corrected chi connectivity index (χ3v) is 6.56. The summed E-state index contributed by atoms with van der Waals surface area (Å²) in [5.41, 5.74) is 6.03. The molecule has 1 fully saturated rings. The number of rotatable bonds is 7. The molecule has 1 atom stereocenters. The molecule has 1 aliphatic rings. The minimum Gasteiger partial charge on any atom is -0.376 e. The maximum absolute atomic E-state index is 13.1. The topological polar surface area (TPSA) is 116 Å². The van der Waals surface area contributed by atoms with Crippen molar-refractivity contribution in [2.75, 3.05) is 17.7 Å². The molecule has 2 aromatic heterocycles. The number of nitrogens with one attached hydrogen (secondary N) is 1. The van der Waals surface area contributed by atoms with Crippen molar-refractivity contribution in [3.8, 4) is 0 Å². The van der Waals surface area contributed by atoms with Crippen LogP contribution in [0.2, 0.25) is 0 Å². The lowest BCUT2D eigenvalue weighted by molar-refractivity contribution is -0.113. The number of hydrogen-bond acceptors (Lipinski definition) is 7. The highest BCUT2D eigenvalue weighted by Gasteiger charge is 2.21. The van der Waals surface area contributed by atoms with E-state index in [-0.39, 0.29) is 28.9 Å². The molecule has 0 spiro atoms. The molecule has 2 amide bonds. The highest BCUT2D eigenvalue weighted by molar-refractivity contribution is 7.99. The Balaban J connectivity index is 1.56. The molecule has 8 nitrogen and oxygen atoms in total. The normalized spacial score (nSPS) is 16.1. The van der Waals surface area contributed by atoms with Crippen LogP contribution in [0.5, 0.6) is 0 Å². The zero-order valence-electron chi connectivity index (χ0n) is 16.0. The number of hydrogen-bond donors (Lipinski definition) is 2. The van der Waals surface area contributed by atoms with Crippen molar-refractivity contribution >= 4 is 50.8 Å². The number of thioether (sulfide) groups is 1. The number of carbonyl (C=O) groups is 2. The van der Waals surface area contributed by atoms with Gasteiger partial charge in [0.15, 0.2) is 5.16 Å². The summed E-state index contributed by atoms with van der Waals surface area (Å²) in [6.45, 7) is 1.09. The van der Waals surface area contributed by atoms with Gasteiger partial charge in [-0.1, -0.05) is 23.9 Å². The average molecular weight is 445 g/mol. The van der Waals surface area contributed by atoms with Crippen LogP contribution in [0.4, 0.5) is 5.00 Å². The molecule has 3 aromatic rings. The van der Waals surface area contributed by atoms with E-state index in [1.807, 2.05) is 6.07 Å². The molecular weight excluding hydrogens is 424 g/mol. The molecule has 156 valence electrons. The molecule has 30 heavy (non-hydrogen) atoms. The standard InChI is InChI=1S/C20H20N4O4S2/c21-17(26)14-7-9-29-18(14)23-16(25)11-30-20-22-15-6-2-1-5-13(15)19(27)24(20)10-12-4-3-8-28-12/h1-2,5-7,9,12H,3-4,8,10-11H2,(H2,21,26)(H,23,25)/t12-/m1/s1. The first-order valence-electron chi connectivity index (χ1n) is 9.44. The first-order chi connectivity index (χ1) is 14.5. The second kappa shape index (κ2) is 8.99. The highest BCUT2D eigenvalue weighted by Crippen LogP contribution is 2.24. The van der Waals surface area contributed by atoms with Gasteiger partial charge in [-0.05, 0) is 36.4 Å². The van der Waals surface area contributed by atoms with Crippen LogP contribution in [0.15, 0.2) is 45.7 Å². The molecule has 3 heterocycles. The van der Waals surface area contributed by atoms with Crippen LogP contribution in [0.25, 0.3) is 10.9 Å². The van der Waals surface area contributed by atoms with Gasteiger partial charge in [0, 0.05) is 6.61 Å². The van der Waals surface area contributed by atoms with E-state index in [2.05, 4.69) is 10.3 Å². The minimum atomic E-state index is -0.596. The van der Waals surface area contributed by atoms with E-state index in [1.54, 1.807) is 34.2 Å². The Morgan fingerprint density at radius 3 is 2.93 bits per heavy atom. The molecule has 0 saturated carbocycles. The molecule has 0 radical (unpaired) electrons. The number of thiophene rings is 1. The Labute approximate surface area is 180 Å². The van der Waals surface area contributed by atoms with Gasteiger partial charge < -0.3 is 15.8 Å². The summed E-state index contributed by atoms with van der Waals surface area (Å²) in [4.78, 5) is 41.5. The largest absolute Gasteiger partial charge is 0.376 e. The van der Waals surface area contributed by atoms with Gasteiger partial charge in [-0.2, -0.15) is 0 Å². The van der Waals surface area contributed by atoms with Crippen molar-refractivity contribution in [3.63, 3.8) is 0 Å². The maximum Gasteiger partial charge on any atom is 0.262 e. The van der Waals surface area contributed by atoms with Crippen molar-refractivity contribution in [1.82, 2.24) is 9.55 Å². The Kier molecular flexibility index (Phi) is 6.16. The summed E-state index contributed by atoms with van der Waals surface area (Å²) in [6, 6.07) is 8.73. The number of para-hydroxylation sites is 1. The van der Waals surface area contributed by atoms with Crippen LogP contribution in [0.1, 0.15) is 23.2 Å². The monoisotopic (exact) mass is 444 g/mol. The molecule has 3 N–H and O–H groups in total. The molecule has 0 bridgehead atoms. The fraction of sp³-hybridized carbons (Fsp3) is 0.300. The molecule has 0 unspecified atom stereocenters. The lowest BCUT2D eigenvalue weighted by Gasteiger charge is -2.16. The Bertz CT molecular complexity index is 1150. The zero-order chi connectivity index (χ0) is 21.1. The summed E-state index contributed by atoms with van der Waals surface area (Å²) in [6.07, 6.45) is 1.81. The Morgan fingerprint density at radius 2 is 2.17 bits per heavy atom. The molecule has 1 aliphatic heterocycles. The molecule has 0 aliphatic carbocycles. The maximum atomic E-state index is 13.1. The fourth-order valence-electron chi connectivity index (χ4n) is 3.30. The van der Waals surface area contributed by atoms with E-state index in [0.717, 1.165) is 12.8 Å². The van der Waals surface area contributed by atoms with Gasteiger partial charge in [0.1, 0.15) is 5.00 Å². The summed E-state index contributed by atoms with van der Waals surface area (Å²) >= 11 is 2.40. The molecule has 1 saturated heterocycles. The van der Waals surface area contributed by atoms with Gasteiger partial charge in [0.25, 0.3) is 11.5 Å². The zero-order valence-corrected chi connectivity index (χ0v) is 17.6. The second-order valence-electron chi connectivity index (χ2n) is 6.83. The van der Waals surface area contributed by atoms with Crippen molar-refractivity contribution in [1.29, 1.82) is 0 Å². The number of benzene rings is 1. The van der Waals surface area contributed by atoms with Crippen molar-refractivity contribution in [2.24, 2.45) is 5.73 Å². The molecule has 10 heteroatoms. The number of fused-ring (bicyclic) bond motifs is 1. The van der Waals surface area contributed by atoms with Crippen LogP contribution in [0.3, 0.4) is 0 Å². The lowest BCUT2D eigenvalue weighted by atomic mass is 10.2. The van der Waals surface area contributed by atoms with E-state index in [9.17, 15) is 14.4 Å². The van der Waals surface area contributed by atoms with Gasteiger partial charge in [0.2, 0.25) is 5.91 Å². The third kappa shape index (κ3) is 4.40. The number of primary amides is 1. The van der Waals surface area contributed by atoms with Gasteiger partial charge in [0.05, 0.1) is 34.9 Å². The van der Waals surface area contributed by atoms with Gasteiger partial charge in [-0.3, -0.25) is 19.0 Å². The number of carbonyl (C=O) groups excluding carboxylic acids is 2. The number of aromatic nitrogens is 2. The molecule has 4 rings (SSSR count). The number of amides is 2. The predicted octanol–water partition coefficient (Wildman–Crippen LogP) is 2.47. The summed E-state index contributed by atoms with van der Waals surface area (Å²) in [5.74, 6) is -0.872. The predicted molar refractivity (Wildman–Crippen MR) is 117 cm³/mol. The van der Waals surface area contributed by atoms with Crippen molar-refractivity contribution in [3.05, 3.63) is 51.6 Å². The first-order valence-corrected chi connectivity index (χ1v) is 11.3. The van der Waals surface area contributed by atoms with Crippen molar-refractivity contribution in [2.45, 2.75) is 30.6 Å². The molecule has 1 aromatic carbocycles. The van der Waals surface area contributed by atoms with Crippen LogP contribution in [-0.4, -0.2) is 39.8 Å². The number of nitrogens with two attached hydrogens (primary N) is 1. The van der Waals surface area contributed by atoms with Crippen LogP contribution in [-0.2, 0) is 16.1 Å². The quantitative estimate of drug-likeness (QED) is 0.427. The van der Waals surface area contributed by atoms with Gasteiger partial charge in [-0.25, -0.2) is 4.98 Å². The van der Waals surface area contributed by atoms with E-state index in [4.69, 9.17) is 10.5 Å².